The molecular formula is C12H18N2O2. The van der Waals surface area contributed by atoms with E-state index in [4.69, 9.17) is 0 Å². The van der Waals surface area contributed by atoms with Crippen LogP contribution in [0.1, 0.15) is 26.2 Å². The summed E-state index contributed by atoms with van der Waals surface area (Å²) in [5, 5.41) is 0. The van der Waals surface area contributed by atoms with Crippen molar-refractivity contribution < 1.29 is 9.59 Å². The first-order chi connectivity index (χ1) is 7.66. The molecule has 2 amide bonds. The molecule has 16 heavy (non-hydrogen) atoms. The Balaban J connectivity index is 2.23. The minimum absolute atomic E-state index is 0.0890. The zero-order valence-corrected chi connectivity index (χ0v) is 9.69. The highest BCUT2D eigenvalue weighted by Gasteiger charge is 2.43. The van der Waals surface area contributed by atoms with Crippen molar-refractivity contribution in [3.8, 4) is 0 Å². The molecule has 0 bridgehead atoms. The highest BCUT2D eigenvalue weighted by Crippen LogP contribution is 2.25. The van der Waals surface area contributed by atoms with E-state index in [9.17, 15) is 9.59 Å². The van der Waals surface area contributed by atoms with Gasteiger partial charge in [0, 0.05) is 13.1 Å². The van der Waals surface area contributed by atoms with Gasteiger partial charge in [0.15, 0.2) is 0 Å². The van der Waals surface area contributed by atoms with Gasteiger partial charge >= 0.3 is 0 Å². The quantitative estimate of drug-likeness (QED) is 0.648. The lowest BCUT2D eigenvalue weighted by atomic mass is 9.96. The highest BCUT2D eigenvalue weighted by molar-refractivity contribution is 5.97. The number of amides is 2. The molecule has 2 heterocycles. The summed E-state index contributed by atoms with van der Waals surface area (Å²) < 4.78 is 0. The van der Waals surface area contributed by atoms with Gasteiger partial charge in [0.05, 0.1) is 0 Å². The van der Waals surface area contributed by atoms with E-state index in [2.05, 4.69) is 6.58 Å². The van der Waals surface area contributed by atoms with Gasteiger partial charge in [-0.15, -0.1) is 6.58 Å². The number of piperazine rings is 1. The maximum absolute atomic E-state index is 12.2. The average Bonchev–Trinajstić information content (AvgIpc) is 2.32. The van der Waals surface area contributed by atoms with Crippen molar-refractivity contribution in [3.63, 3.8) is 0 Å². The molecule has 4 nitrogen and oxygen atoms in total. The van der Waals surface area contributed by atoms with E-state index in [1.807, 2.05) is 0 Å². The van der Waals surface area contributed by atoms with Gasteiger partial charge in [-0.3, -0.25) is 9.59 Å². The van der Waals surface area contributed by atoms with Crippen LogP contribution in [0.15, 0.2) is 12.7 Å². The molecule has 0 aromatic heterocycles. The van der Waals surface area contributed by atoms with Crippen molar-refractivity contribution in [1.82, 2.24) is 9.80 Å². The summed E-state index contributed by atoms with van der Waals surface area (Å²) in [5.74, 6) is 0.179. The Morgan fingerprint density at radius 2 is 2.12 bits per heavy atom. The predicted molar refractivity (Wildman–Crippen MR) is 60.7 cm³/mol. The lowest BCUT2D eigenvalue weighted by Gasteiger charge is -2.45. The molecule has 88 valence electrons. The molecule has 0 radical (unpaired) electrons. The van der Waals surface area contributed by atoms with E-state index in [1.54, 1.807) is 22.8 Å². The molecule has 0 aliphatic carbocycles. The van der Waals surface area contributed by atoms with Crippen LogP contribution in [0.5, 0.6) is 0 Å². The first kappa shape index (κ1) is 11.2. The molecule has 0 N–H and O–H groups in total. The second-order valence-electron chi connectivity index (χ2n) is 4.50. The summed E-state index contributed by atoms with van der Waals surface area (Å²) >= 11 is 0. The molecule has 0 aromatic carbocycles. The third-order valence-electron chi connectivity index (χ3n) is 3.50. The Hall–Kier alpha value is -1.32. The van der Waals surface area contributed by atoms with Crippen molar-refractivity contribution in [1.29, 1.82) is 0 Å². The smallest absolute Gasteiger partial charge is 0.246 e. The molecule has 0 spiro atoms. The van der Waals surface area contributed by atoms with Crippen molar-refractivity contribution >= 4 is 11.8 Å². The van der Waals surface area contributed by atoms with E-state index in [1.165, 1.54) is 0 Å². The Labute approximate surface area is 95.9 Å². The fourth-order valence-corrected chi connectivity index (χ4v) is 2.59. The molecule has 0 aromatic rings. The largest absolute Gasteiger partial charge is 0.329 e. The zero-order valence-electron chi connectivity index (χ0n) is 9.69. The topological polar surface area (TPSA) is 40.6 Å². The van der Waals surface area contributed by atoms with Crippen LogP contribution in [-0.2, 0) is 9.59 Å². The lowest BCUT2D eigenvalue weighted by Crippen LogP contribution is -2.64. The van der Waals surface area contributed by atoms with Gasteiger partial charge in [-0.2, -0.15) is 0 Å². The highest BCUT2D eigenvalue weighted by atomic mass is 16.2. The maximum atomic E-state index is 12.2. The van der Waals surface area contributed by atoms with Gasteiger partial charge < -0.3 is 9.80 Å². The van der Waals surface area contributed by atoms with Gasteiger partial charge in [0.1, 0.15) is 12.1 Å². The van der Waals surface area contributed by atoms with E-state index >= 15 is 0 Å². The molecule has 2 rings (SSSR count). The van der Waals surface area contributed by atoms with Gasteiger partial charge in [0.25, 0.3) is 0 Å². The monoisotopic (exact) mass is 222 g/mol. The van der Waals surface area contributed by atoms with Crippen molar-refractivity contribution in [2.24, 2.45) is 0 Å². The first-order valence-corrected chi connectivity index (χ1v) is 5.88. The number of carbonyl (C=O) groups is 2. The minimum atomic E-state index is -0.333. The van der Waals surface area contributed by atoms with Crippen LogP contribution in [0.3, 0.4) is 0 Å². The van der Waals surface area contributed by atoms with Crippen LogP contribution in [0.4, 0.5) is 0 Å². The normalized spacial score (nSPS) is 30.3. The third kappa shape index (κ3) is 1.62. The van der Waals surface area contributed by atoms with Crippen molar-refractivity contribution in [2.75, 3.05) is 13.1 Å². The second-order valence-corrected chi connectivity index (χ2v) is 4.50. The number of hydrogen-bond donors (Lipinski definition) is 0. The maximum Gasteiger partial charge on any atom is 0.246 e. The zero-order chi connectivity index (χ0) is 11.7. The van der Waals surface area contributed by atoms with E-state index < -0.39 is 0 Å². The predicted octanol–water partition coefficient (Wildman–Crippen LogP) is 0.784. The van der Waals surface area contributed by atoms with E-state index in [0.717, 1.165) is 25.8 Å². The number of carbonyl (C=O) groups excluding carboxylic acids is 2. The summed E-state index contributed by atoms with van der Waals surface area (Å²) in [4.78, 5) is 27.7. The molecule has 0 saturated carbocycles. The van der Waals surface area contributed by atoms with Gasteiger partial charge in [-0.25, -0.2) is 0 Å². The molecule has 4 heteroatoms. The second kappa shape index (κ2) is 4.28. The van der Waals surface area contributed by atoms with Crippen molar-refractivity contribution in [3.05, 3.63) is 12.7 Å². The van der Waals surface area contributed by atoms with E-state index in [0.29, 0.717) is 6.54 Å². The summed E-state index contributed by atoms with van der Waals surface area (Å²) in [5.41, 5.74) is 0. The molecule has 2 unspecified atom stereocenters. The van der Waals surface area contributed by atoms with Gasteiger partial charge in [0.2, 0.25) is 11.8 Å². The molecular weight excluding hydrogens is 204 g/mol. The number of rotatable bonds is 2. The summed E-state index contributed by atoms with van der Waals surface area (Å²) in [7, 11) is 0. The van der Waals surface area contributed by atoms with Crippen LogP contribution >= 0.6 is 0 Å². The van der Waals surface area contributed by atoms with Crippen LogP contribution in [-0.4, -0.2) is 46.8 Å². The Kier molecular flexibility index (Phi) is 2.99. The van der Waals surface area contributed by atoms with Gasteiger partial charge in [-0.05, 0) is 26.2 Å². The molecule has 2 aliphatic heterocycles. The fourth-order valence-electron chi connectivity index (χ4n) is 2.59. The summed E-state index contributed by atoms with van der Waals surface area (Å²) in [6.07, 6.45) is 4.55. The number of fused-ring (bicyclic) bond motifs is 1. The number of piperidine rings is 1. The molecule has 2 aliphatic rings. The van der Waals surface area contributed by atoms with Crippen LogP contribution in [0.25, 0.3) is 0 Å². The van der Waals surface area contributed by atoms with E-state index in [-0.39, 0.29) is 23.9 Å². The standard InChI is InChI=1S/C12H18N2O2/c1-3-7-13-9(2)11(15)14-8-5-4-6-10(14)12(13)16/h3,9-10H,1,4-8H2,2H3. The van der Waals surface area contributed by atoms with Crippen LogP contribution in [0.2, 0.25) is 0 Å². The minimum Gasteiger partial charge on any atom is -0.329 e. The Morgan fingerprint density at radius 3 is 2.81 bits per heavy atom. The Bertz CT molecular complexity index is 327. The molecule has 2 saturated heterocycles. The van der Waals surface area contributed by atoms with Crippen LogP contribution in [0, 0.1) is 0 Å². The third-order valence-corrected chi connectivity index (χ3v) is 3.50. The van der Waals surface area contributed by atoms with Gasteiger partial charge in [-0.1, -0.05) is 6.08 Å². The first-order valence-electron chi connectivity index (χ1n) is 5.88. The average molecular weight is 222 g/mol. The Morgan fingerprint density at radius 1 is 1.38 bits per heavy atom. The summed E-state index contributed by atoms with van der Waals surface area (Å²) in [6.45, 7) is 6.64. The fraction of sp³-hybridized carbons (Fsp3) is 0.667. The molecule has 2 atom stereocenters. The summed E-state index contributed by atoms with van der Waals surface area (Å²) in [6, 6.07) is -0.544. The SMILES string of the molecule is C=CCN1C(=O)C2CCCCN2C(=O)C1C. The number of nitrogens with zero attached hydrogens (tertiary/aromatic N) is 2. The number of hydrogen-bond acceptors (Lipinski definition) is 2. The van der Waals surface area contributed by atoms with Crippen molar-refractivity contribution in [2.45, 2.75) is 38.3 Å². The lowest BCUT2D eigenvalue weighted by molar-refractivity contribution is -0.162. The molecule has 2 fully saturated rings. The van der Waals surface area contributed by atoms with Crippen LogP contribution < -0.4 is 0 Å².